The van der Waals surface area contributed by atoms with Crippen LogP contribution in [-0.4, -0.2) is 46.8 Å². The van der Waals surface area contributed by atoms with E-state index in [-0.39, 0.29) is 0 Å². The Bertz CT molecular complexity index is 297. The van der Waals surface area contributed by atoms with Gasteiger partial charge in [0.15, 0.2) is 0 Å². The Morgan fingerprint density at radius 1 is 1.12 bits per heavy atom. The summed E-state index contributed by atoms with van der Waals surface area (Å²) >= 11 is 0. The van der Waals surface area contributed by atoms with Crippen molar-refractivity contribution in [1.29, 1.82) is 0 Å². The fourth-order valence-corrected chi connectivity index (χ4v) is 3.58. The minimum atomic E-state index is -1.03. The molecule has 0 aromatic carbocycles. The van der Waals surface area contributed by atoms with Gasteiger partial charge in [-0.15, -0.1) is 0 Å². The molecule has 1 aliphatic heterocycles. The SMILES string of the molecule is CN1CCC(O)(C2(C(=O)O)CCCCCC2)C1. The third-order valence-corrected chi connectivity index (χ3v) is 4.70. The van der Waals surface area contributed by atoms with Crippen LogP contribution in [0, 0.1) is 5.41 Å². The average Bonchev–Trinajstić information content (AvgIpc) is 2.54. The van der Waals surface area contributed by atoms with Gasteiger partial charge in [-0.25, -0.2) is 0 Å². The van der Waals surface area contributed by atoms with E-state index in [1.54, 1.807) is 0 Å². The molecular formula is C13H23NO3. The lowest BCUT2D eigenvalue weighted by atomic mass is 9.66. The number of hydrogen-bond acceptors (Lipinski definition) is 3. The molecule has 2 fully saturated rings. The van der Waals surface area contributed by atoms with Crippen molar-refractivity contribution < 1.29 is 15.0 Å². The summed E-state index contributed by atoms with van der Waals surface area (Å²) in [5.41, 5.74) is -1.94. The van der Waals surface area contributed by atoms with Gasteiger partial charge >= 0.3 is 5.97 Å². The molecule has 2 rings (SSSR count). The molecule has 1 saturated carbocycles. The number of nitrogens with zero attached hydrogens (tertiary/aromatic N) is 1. The van der Waals surface area contributed by atoms with Crippen molar-refractivity contribution in [3.05, 3.63) is 0 Å². The minimum absolute atomic E-state index is 0.499. The monoisotopic (exact) mass is 241 g/mol. The van der Waals surface area contributed by atoms with Gasteiger partial charge < -0.3 is 15.1 Å². The summed E-state index contributed by atoms with van der Waals surface area (Å²) in [5, 5.41) is 20.5. The number of carboxylic acid groups (broad SMARTS) is 1. The van der Waals surface area contributed by atoms with E-state index in [4.69, 9.17) is 0 Å². The van der Waals surface area contributed by atoms with E-state index in [0.717, 1.165) is 32.2 Å². The van der Waals surface area contributed by atoms with Crippen LogP contribution in [0.2, 0.25) is 0 Å². The first kappa shape index (κ1) is 12.8. The second-order valence-corrected chi connectivity index (χ2v) is 5.82. The highest BCUT2D eigenvalue weighted by Gasteiger charge is 2.57. The Labute approximate surface area is 103 Å². The van der Waals surface area contributed by atoms with Crippen LogP contribution >= 0.6 is 0 Å². The maximum absolute atomic E-state index is 11.7. The van der Waals surface area contributed by atoms with E-state index in [9.17, 15) is 15.0 Å². The normalized spacial score (nSPS) is 34.5. The van der Waals surface area contributed by atoms with E-state index in [1.807, 2.05) is 11.9 Å². The molecule has 1 aliphatic carbocycles. The lowest BCUT2D eigenvalue weighted by Crippen LogP contribution is -2.54. The van der Waals surface area contributed by atoms with Crippen LogP contribution in [0.25, 0.3) is 0 Å². The van der Waals surface area contributed by atoms with E-state index < -0.39 is 17.0 Å². The van der Waals surface area contributed by atoms with Gasteiger partial charge in [0.05, 0.1) is 11.0 Å². The molecule has 4 heteroatoms. The van der Waals surface area contributed by atoms with Crippen LogP contribution < -0.4 is 0 Å². The number of hydrogen-bond donors (Lipinski definition) is 2. The summed E-state index contributed by atoms with van der Waals surface area (Å²) in [6.07, 6.45) is 5.91. The highest BCUT2D eigenvalue weighted by Crippen LogP contribution is 2.48. The molecule has 0 amide bonds. The Morgan fingerprint density at radius 2 is 1.71 bits per heavy atom. The largest absolute Gasteiger partial charge is 0.481 e. The van der Waals surface area contributed by atoms with Crippen LogP contribution in [0.3, 0.4) is 0 Å². The van der Waals surface area contributed by atoms with Gasteiger partial charge in [-0.1, -0.05) is 25.7 Å². The molecule has 0 radical (unpaired) electrons. The van der Waals surface area contributed by atoms with Gasteiger partial charge in [0.2, 0.25) is 0 Å². The lowest BCUT2D eigenvalue weighted by molar-refractivity contribution is -0.170. The maximum atomic E-state index is 11.7. The zero-order valence-electron chi connectivity index (χ0n) is 10.6. The summed E-state index contributed by atoms with van der Waals surface area (Å²) in [6, 6.07) is 0. The number of likely N-dealkylation sites (N-methyl/N-ethyl adjacent to an activating group) is 1. The number of aliphatic carboxylic acids is 1. The van der Waals surface area contributed by atoms with E-state index in [1.165, 1.54) is 0 Å². The van der Waals surface area contributed by atoms with Crippen molar-refractivity contribution >= 4 is 5.97 Å². The molecule has 0 aromatic heterocycles. The maximum Gasteiger partial charge on any atom is 0.312 e. The summed E-state index contributed by atoms with van der Waals surface area (Å²) in [5.74, 6) is -0.794. The van der Waals surface area contributed by atoms with Crippen LogP contribution in [-0.2, 0) is 4.79 Å². The third-order valence-electron chi connectivity index (χ3n) is 4.70. The molecule has 2 aliphatic rings. The van der Waals surface area contributed by atoms with Crippen LogP contribution in [0.1, 0.15) is 44.9 Å². The van der Waals surface area contributed by atoms with E-state index >= 15 is 0 Å². The summed E-state index contributed by atoms with van der Waals surface area (Å²) in [4.78, 5) is 13.8. The molecule has 0 bridgehead atoms. The van der Waals surface area contributed by atoms with Crippen molar-refractivity contribution in [2.45, 2.75) is 50.5 Å². The molecule has 98 valence electrons. The smallest absolute Gasteiger partial charge is 0.312 e. The molecule has 0 aromatic rings. The molecule has 1 heterocycles. The highest BCUT2D eigenvalue weighted by molar-refractivity contribution is 5.76. The number of carbonyl (C=O) groups is 1. The second kappa shape index (κ2) is 4.58. The average molecular weight is 241 g/mol. The molecule has 1 saturated heterocycles. The van der Waals surface area contributed by atoms with Crippen molar-refractivity contribution in [1.82, 2.24) is 4.90 Å². The quantitative estimate of drug-likeness (QED) is 0.719. The van der Waals surface area contributed by atoms with Crippen LogP contribution in [0.4, 0.5) is 0 Å². The number of aliphatic hydroxyl groups is 1. The van der Waals surface area contributed by atoms with Gasteiger partial charge in [0, 0.05) is 13.1 Å². The van der Waals surface area contributed by atoms with Gasteiger partial charge in [0.1, 0.15) is 0 Å². The first-order valence-electron chi connectivity index (χ1n) is 6.65. The van der Waals surface area contributed by atoms with Crippen molar-refractivity contribution in [3.63, 3.8) is 0 Å². The second-order valence-electron chi connectivity index (χ2n) is 5.82. The van der Waals surface area contributed by atoms with Crippen molar-refractivity contribution in [2.75, 3.05) is 20.1 Å². The number of β-amino-alcohol motifs (C(OH)–C–C–N with tert-alkyl or cyclic N) is 1. The van der Waals surface area contributed by atoms with Gasteiger partial charge in [-0.05, 0) is 26.3 Å². The fourth-order valence-electron chi connectivity index (χ4n) is 3.58. The number of rotatable bonds is 2. The van der Waals surface area contributed by atoms with E-state index in [2.05, 4.69) is 0 Å². The van der Waals surface area contributed by atoms with Gasteiger partial charge in [0.25, 0.3) is 0 Å². The number of carboxylic acids is 1. The Morgan fingerprint density at radius 3 is 2.12 bits per heavy atom. The first-order chi connectivity index (χ1) is 8.00. The minimum Gasteiger partial charge on any atom is -0.481 e. The summed E-state index contributed by atoms with van der Waals surface area (Å²) in [6.45, 7) is 1.30. The molecule has 17 heavy (non-hydrogen) atoms. The highest BCUT2D eigenvalue weighted by atomic mass is 16.4. The zero-order valence-corrected chi connectivity index (χ0v) is 10.6. The first-order valence-corrected chi connectivity index (χ1v) is 6.65. The molecule has 0 spiro atoms. The lowest BCUT2D eigenvalue weighted by Gasteiger charge is -2.41. The molecular weight excluding hydrogens is 218 g/mol. The molecule has 1 atom stereocenters. The predicted molar refractivity (Wildman–Crippen MR) is 64.8 cm³/mol. The molecule has 1 unspecified atom stereocenters. The molecule has 2 N–H and O–H groups in total. The van der Waals surface area contributed by atoms with Crippen LogP contribution in [0.15, 0.2) is 0 Å². The standard InChI is InChI=1S/C13H23NO3/c1-14-9-8-13(17,10-14)12(11(15)16)6-4-2-3-5-7-12/h17H,2-10H2,1H3,(H,15,16). The Kier molecular flexibility index (Phi) is 3.46. The summed E-state index contributed by atoms with van der Waals surface area (Å²) in [7, 11) is 1.95. The van der Waals surface area contributed by atoms with Crippen LogP contribution in [0.5, 0.6) is 0 Å². The predicted octanol–water partition coefficient (Wildman–Crippen LogP) is 1.48. The van der Waals surface area contributed by atoms with Gasteiger partial charge in [-0.2, -0.15) is 0 Å². The Hall–Kier alpha value is -0.610. The third kappa shape index (κ3) is 2.08. The fraction of sp³-hybridized carbons (Fsp3) is 0.923. The van der Waals surface area contributed by atoms with Gasteiger partial charge in [-0.3, -0.25) is 4.79 Å². The zero-order chi connectivity index (χ0) is 12.5. The van der Waals surface area contributed by atoms with E-state index in [0.29, 0.717) is 25.8 Å². The van der Waals surface area contributed by atoms with Crippen molar-refractivity contribution in [3.8, 4) is 0 Å². The summed E-state index contributed by atoms with van der Waals surface area (Å²) < 4.78 is 0. The number of likely N-dealkylation sites (tertiary alicyclic amines) is 1. The molecule has 4 nitrogen and oxygen atoms in total. The van der Waals surface area contributed by atoms with Crippen molar-refractivity contribution in [2.24, 2.45) is 5.41 Å². The Balaban J connectivity index is 2.29. The topological polar surface area (TPSA) is 60.8 Å².